The molecule has 6 heteroatoms. The van der Waals surface area contributed by atoms with Gasteiger partial charge in [-0.05, 0) is 61.2 Å². The van der Waals surface area contributed by atoms with Gasteiger partial charge in [0.2, 0.25) is 0 Å². The van der Waals surface area contributed by atoms with Gasteiger partial charge in [-0.25, -0.2) is 9.66 Å². The summed E-state index contributed by atoms with van der Waals surface area (Å²) in [5.41, 5.74) is 7.95. The summed E-state index contributed by atoms with van der Waals surface area (Å²) in [6.45, 7) is 13.9. The van der Waals surface area contributed by atoms with E-state index in [1.165, 1.54) is 24.8 Å². The third kappa shape index (κ3) is 4.17. The van der Waals surface area contributed by atoms with Crippen molar-refractivity contribution in [2.24, 2.45) is 0 Å². The molecule has 4 rings (SSSR count). The molecule has 1 fully saturated rings. The summed E-state index contributed by atoms with van der Waals surface area (Å²) in [5.74, 6) is 0.910. The Hall–Kier alpha value is -2.53. The number of pyridine rings is 1. The zero-order chi connectivity index (χ0) is 21.7. The number of nitrogens with zero attached hydrogens (tertiary/aromatic N) is 4. The van der Waals surface area contributed by atoms with Crippen molar-refractivity contribution >= 4 is 28.3 Å². The highest BCUT2D eigenvalue weighted by Gasteiger charge is 2.36. The molecule has 2 heterocycles. The molecule has 0 amide bonds. The van der Waals surface area contributed by atoms with Gasteiger partial charge < -0.3 is 10.3 Å². The Morgan fingerprint density at radius 3 is 2.70 bits per heavy atom. The minimum atomic E-state index is 0.217. The minimum absolute atomic E-state index is 0.217. The molecule has 1 aliphatic rings. The van der Waals surface area contributed by atoms with E-state index >= 15 is 0 Å². The van der Waals surface area contributed by atoms with Gasteiger partial charge in [-0.3, -0.25) is 4.98 Å². The molecule has 0 unspecified atom stereocenters. The van der Waals surface area contributed by atoms with Crippen LogP contribution in [0.3, 0.4) is 0 Å². The number of rotatable bonds is 7. The average Bonchev–Trinajstić information content (AvgIpc) is 3.08. The minimum Gasteiger partial charge on any atom is -0.339 e. The maximum atomic E-state index is 6.22. The number of hydrogen-bond acceptors (Lipinski definition) is 4. The second-order valence-electron chi connectivity index (χ2n) is 7.63. The van der Waals surface area contributed by atoms with Crippen LogP contribution in [0.25, 0.3) is 11.0 Å². The number of benzene rings is 1. The van der Waals surface area contributed by atoms with Gasteiger partial charge in [0.1, 0.15) is 5.82 Å². The Balaban J connectivity index is 0.00000124. The molecule has 2 aromatic heterocycles. The van der Waals surface area contributed by atoms with E-state index in [1.54, 1.807) is 0 Å². The van der Waals surface area contributed by atoms with Crippen molar-refractivity contribution < 1.29 is 0 Å². The fraction of sp³-hybridized carbons (Fsp3) is 0.417. The van der Waals surface area contributed by atoms with Crippen LogP contribution in [0.15, 0.2) is 49.4 Å². The molecule has 0 spiro atoms. The van der Waals surface area contributed by atoms with Gasteiger partial charge in [-0.2, -0.15) is 0 Å². The maximum absolute atomic E-state index is 6.22. The van der Waals surface area contributed by atoms with E-state index in [9.17, 15) is 0 Å². The van der Waals surface area contributed by atoms with Crippen LogP contribution in [-0.2, 0) is 12.0 Å². The molecule has 1 aromatic carbocycles. The van der Waals surface area contributed by atoms with Gasteiger partial charge in [-0.15, -0.1) is 0 Å². The molecule has 0 bridgehead atoms. The molecule has 1 saturated carbocycles. The molecule has 5 nitrogen and oxygen atoms in total. The molecule has 160 valence electrons. The van der Waals surface area contributed by atoms with Gasteiger partial charge in [0.25, 0.3) is 0 Å². The summed E-state index contributed by atoms with van der Waals surface area (Å²) in [4.78, 5) is 11.4. The van der Waals surface area contributed by atoms with E-state index < -0.39 is 0 Å². The van der Waals surface area contributed by atoms with Crippen molar-refractivity contribution in [3.63, 3.8) is 0 Å². The molecule has 0 atom stereocenters. The van der Waals surface area contributed by atoms with Crippen molar-refractivity contribution in [2.45, 2.75) is 58.9 Å². The summed E-state index contributed by atoms with van der Waals surface area (Å²) in [6, 6.07) is 7.92. The zero-order valence-electron chi connectivity index (χ0n) is 18.5. The Bertz CT molecular complexity index is 1010. The molecule has 1 N–H and O–H groups in total. The Morgan fingerprint density at radius 1 is 1.30 bits per heavy atom. The summed E-state index contributed by atoms with van der Waals surface area (Å²) < 4.78 is 2.03. The van der Waals surface area contributed by atoms with Gasteiger partial charge in [0.15, 0.2) is 0 Å². The van der Waals surface area contributed by atoms with E-state index in [0.717, 1.165) is 29.1 Å². The quantitative estimate of drug-likeness (QED) is 0.484. The van der Waals surface area contributed by atoms with E-state index in [1.807, 2.05) is 55.3 Å². The Labute approximate surface area is 184 Å². The van der Waals surface area contributed by atoms with Crippen molar-refractivity contribution in [3.05, 3.63) is 65.8 Å². The summed E-state index contributed by atoms with van der Waals surface area (Å²) in [6.07, 6.45) is 9.40. The third-order valence-corrected chi connectivity index (χ3v) is 5.99. The van der Waals surface area contributed by atoms with Gasteiger partial charge >= 0.3 is 0 Å². The first-order valence-corrected chi connectivity index (χ1v) is 11.2. The fourth-order valence-corrected chi connectivity index (χ4v) is 4.21. The second kappa shape index (κ2) is 9.52. The molecular weight excluding hydrogens is 394 g/mol. The number of fused-ring (bicyclic) bond motifs is 1. The van der Waals surface area contributed by atoms with Crippen LogP contribution in [0.5, 0.6) is 0 Å². The second-order valence-corrected chi connectivity index (χ2v) is 8.06. The molecule has 0 saturated heterocycles. The van der Waals surface area contributed by atoms with E-state index in [2.05, 4.69) is 41.8 Å². The molecule has 0 aliphatic heterocycles. The van der Waals surface area contributed by atoms with Gasteiger partial charge in [0, 0.05) is 17.8 Å². The SMILES string of the molecule is C=CN(Cc1nc2ccc(Cl)cc2n1NCC)c1cnccc1C1(C)CCC1.CC. The normalized spacial score (nSPS) is 14.4. The van der Waals surface area contributed by atoms with E-state index in [4.69, 9.17) is 16.6 Å². The Kier molecular flexibility index (Phi) is 7.03. The third-order valence-electron chi connectivity index (χ3n) is 5.75. The molecule has 3 aromatic rings. The first-order chi connectivity index (χ1) is 14.6. The van der Waals surface area contributed by atoms with Crippen LogP contribution in [0.4, 0.5) is 5.69 Å². The van der Waals surface area contributed by atoms with Crippen LogP contribution < -0.4 is 10.3 Å². The van der Waals surface area contributed by atoms with Crippen LogP contribution in [0, 0.1) is 0 Å². The summed E-state index contributed by atoms with van der Waals surface area (Å²) >= 11 is 6.22. The molecular formula is C24H32ClN5. The first kappa shape index (κ1) is 22.2. The Morgan fingerprint density at radius 2 is 2.07 bits per heavy atom. The van der Waals surface area contributed by atoms with Crippen LogP contribution in [-0.4, -0.2) is 21.2 Å². The van der Waals surface area contributed by atoms with Crippen molar-refractivity contribution in [3.8, 4) is 0 Å². The zero-order valence-corrected chi connectivity index (χ0v) is 19.2. The van der Waals surface area contributed by atoms with Crippen LogP contribution in [0.2, 0.25) is 5.02 Å². The molecule has 0 radical (unpaired) electrons. The van der Waals surface area contributed by atoms with E-state index in [-0.39, 0.29) is 5.41 Å². The number of nitrogens with one attached hydrogen (secondary N) is 1. The maximum Gasteiger partial charge on any atom is 0.148 e. The van der Waals surface area contributed by atoms with Crippen LogP contribution in [0.1, 0.15) is 58.3 Å². The van der Waals surface area contributed by atoms with E-state index in [0.29, 0.717) is 11.6 Å². The van der Waals surface area contributed by atoms with Gasteiger partial charge in [0.05, 0.1) is 29.5 Å². The average molecular weight is 426 g/mol. The highest BCUT2D eigenvalue weighted by atomic mass is 35.5. The number of aromatic nitrogens is 3. The summed E-state index contributed by atoms with van der Waals surface area (Å²) in [5, 5.41) is 0.700. The first-order valence-electron chi connectivity index (χ1n) is 10.8. The van der Waals surface area contributed by atoms with Crippen LogP contribution >= 0.6 is 11.6 Å². The lowest BCUT2D eigenvalue weighted by atomic mass is 9.66. The largest absolute Gasteiger partial charge is 0.339 e. The number of imidazole rings is 1. The molecule has 1 aliphatic carbocycles. The highest BCUT2D eigenvalue weighted by molar-refractivity contribution is 6.31. The highest BCUT2D eigenvalue weighted by Crippen LogP contribution is 2.46. The lowest BCUT2D eigenvalue weighted by Crippen LogP contribution is -2.33. The standard InChI is InChI=1S/C22H26ClN5.C2H6/c1-4-25-28-19-13-16(23)7-8-18(19)26-21(28)15-27(5-2)20-14-24-12-9-17(20)22(3)10-6-11-22;1-2/h5,7-9,12-14,25H,2,4,6,10-11,15H2,1,3H3;1-2H3. The smallest absolute Gasteiger partial charge is 0.148 e. The molecule has 30 heavy (non-hydrogen) atoms. The number of halogens is 1. The van der Waals surface area contributed by atoms with Gasteiger partial charge in [-0.1, -0.05) is 45.4 Å². The summed E-state index contributed by atoms with van der Waals surface area (Å²) in [7, 11) is 0. The van der Waals surface area contributed by atoms with Crippen molar-refractivity contribution in [1.29, 1.82) is 0 Å². The fourth-order valence-electron chi connectivity index (χ4n) is 4.04. The monoisotopic (exact) mass is 425 g/mol. The topological polar surface area (TPSA) is 46.0 Å². The lowest BCUT2D eigenvalue weighted by Gasteiger charge is -2.41. The predicted molar refractivity (Wildman–Crippen MR) is 128 cm³/mol. The van der Waals surface area contributed by atoms with Crippen molar-refractivity contribution in [2.75, 3.05) is 16.9 Å². The lowest BCUT2D eigenvalue weighted by molar-refractivity contribution is 0.272. The predicted octanol–water partition coefficient (Wildman–Crippen LogP) is 6.27. The number of hydrogen-bond donors (Lipinski definition) is 1. The van der Waals surface area contributed by atoms with Crippen molar-refractivity contribution in [1.82, 2.24) is 14.6 Å². The number of anilines is 1.